The molecule has 0 fully saturated rings. The van der Waals surface area contributed by atoms with Crippen LogP contribution in [0.15, 0.2) is 30.5 Å². The van der Waals surface area contributed by atoms with E-state index >= 15 is 0 Å². The lowest BCUT2D eigenvalue weighted by atomic mass is 10.2. The monoisotopic (exact) mass is 292 g/mol. The lowest BCUT2D eigenvalue weighted by molar-refractivity contribution is -0.144. The number of carbonyl (C=O) groups excluding carboxylic acids is 2. The molecule has 1 aromatic carbocycles. The van der Waals surface area contributed by atoms with E-state index in [1.54, 1.807) is 6.92 Å². The van der Waals surface area contributed by atoms with Gasteiger partial charge in [0.1, 0.15) is 12.4 Å². The topological polar surface area (TPSA) is 86.1 Å². The summed E-state index contributed by atoms with van der Waals surface area (Å²) in [7, 11) is 0. The third kappa shape index (κ3) is 4.10. The highest BCUT2D eigenvalue weighted by atomic mass is 19.1. The van der Waals surface area contributed by atoms with E-state index < -0.39 is 17.7 Å². The third-order valence-corrected chi connectivity index (χ3v) is 2.46. The van der Waals surface area contributed by atoms with Gasteiger partial charge in [0, 0.05) is 5.56 Å². The van der Waals surface area contributed by atoms with E-state index in [9.17, 15) is 14.0 Å². The zero-order valence-electron chi connectivity index (χ0n) is 11.2. The molecule has 1 N–H and O–H groups in total. The number of carbonyl (C=O) groups is 2. The first-order chi connectivity index (χ1) is 10.1. The largest absolute Gasteiger partial charge is 0.465 e. The molecular formula is C13H13FN4O3. The fraction of sp³-hybridized carbons (Fsp3) is 0.231. The fourth-order valence-corrected chi connectivity index (χ4v) is 1.59. The molecule has 2 aromatic rings. The van der Waals surface area contributed by atoms with Crippen molar-refractivity contribution in [2.24, 2.45) is 0 Å². The number of rotatable bonds is 5. The Morgan fingerprint density at radius 1 is 1.43 bits per heavy atom. The molecule has 0 aliphatic rings. The fourth-order valence-electron chi connectivity index (χ4n) is 1.59. The maximum absolute atomic E-state index is 13.0. The number of aromatic nitrogens is 3. The van der Waals surface area contributed by atoms with Gasteiger partial charge < -0.3 is 10.1 Å². The Morgan fingerprint density at radius 2 is 2.24 bits per heavy atom. The summed E-state index contributed by atoms with van der Waals surface area (Å²) < 4.78 is 19.0. The van der Waals surface area contributed by atoms with Crippen LogP contribution in [0.5, 0.6) is 0 Å². The van der Waals surface area contributed by atoms with Gasteiger partial charge in [-0.15, -0.1) is 5.10 Å². The molecule has 8 heteroatoms. The number of ether oxygens (including phenoxy) is 1. The Bertz CT molecular complexity index is 656. The van der Waals surface area contributed by atoms with Crippen molar-refractivity contribution < 1.29 is 18.7 Å². The normalized spacial score (nSPS) is 10.2. The molecule has 0 unspecified atom stereocenters. The van der Waals surface area contributed by atoms with Gasteiger partial charge in [0.2, 0.25) is 0 Å². The molecule has 0 saturated heterocycles. The molecule has 110 valence electrons. The zero-order chi connectivity index (χ0) is 15.2. The Labute approximate surface area is 119 Å². The first-order valence-electron chi connectivity index (χ1n) is 6.21. The van der Waals surface area contributed by atoms with Crippen molar-refractivity contribution in [1.29, 1.82) is 0 Å². The van der Waals surface area contributed by atoms with Gasteiger partial charge in [-0.2, -0.15) is 0 Å². The molecule has 0 spiro atoms. The van der Waals surface area contributed by atoms with E-state index in [0.29, 0.717) is 0 Å². The summed E-state index contributed by atoms with van der Waals surface area (Å²) in [4.78, 5) is 23.1. The summed E-state index contributed by atoms with van der Waals surface area (Å²) in [6, 6.07) is 5.26. The van der Waals surface area contributed by atoms with Gasteiger partial charge >= 0.3 is 5.97 Å². The Hall–Kier alpha value is -2.77. The minimum absolute atomic E-state index is 0.101. The molecule has 0 atom stereocenters. The zero-order valence-corrected chi connectivity index (χ0v) is 11.2. The molecule has 0 aliphatic carbocycles. The second-order valence-corrected chi connectivity index (χ2v) is 4.07. The second-order valence-electron chi connectivity index (χ2n) is 4.07. The summed E-state index contributed by atoms with van der Waals surface area (Å²) in [5, 5.41) is 9.84. The van der Waals surface area contributed by atoms with Gasteiger partial charge in [-0.05, 0) is 25.1 Å². The first kappa shape index (κ1) is 14.6. The van der Waals surface area contributed by atoms with Crippen molar-refractivity contribution in [1.82, 2.24) is 15.0 Å². The number of nitrogens with zero attached hydrogens (tertiary/aromatic N) is 3. The lowest BCUT2D eigenvalue weighted by Crippen LogP contribution is -2.14. The number of hydrogen-bond acceptors (Lipinski definition) is 5. The molecule has 0 radical (unpaired) electrons. The van der Waals surface area contributed by atoms with Crippen molar-refractivity contribution in [3.63, 3.8) is 0 Å². The molecule has 0 bridgehead atoms. The number of esters is 1. The van der Waals surface area contributed by atoms with E-state index in [4.69, 9.17) is 4.74 Å². The van der Waals surface area contributed by atoms with Crippen LogP contribution in [0.3, 0.4) is 0 Å². The lowest BCUT2D eigenvalue weighted by Gasteiger charge is -2.01. The summed E-state index contributed by atoms with van der Waals surface area (Å²) in [5.41, 5.74) is 0.162. The minimum atomic E-state index is -0.516. The average molecular weight is 292 g/mol. The number of nitrogens with one attached hydrogen (secondary N) is 1. The molecule has 1 aromatic heterocycles. The standard InChI is InChI=1S/C13H13FN4O3/c1-2-21-12(19)8-18-7-11(16-17-18)15-13(20)9-4-3-5-10(14)6-9/h3-7H,2,8H2,1H3,(H,15,20). The van der Waals surface area contributed by atoms with Crippen LogP contribution in [0.25, 0.3) is 0 Å². The van der Waals surface area contributed by atoms with Crippen LogP contribution in [-0.4, -0.2) is 33.5 Å². The van der Waals surface area contributed by atoms with Crippen molar-refractivity contribution >= 4 is 17.7 Å². The van der Waals surface area contributed by atoms with Gasteiger partial charge in [-0.3, -0.25) is 9.59 Å². The molecule has 0 aliphatic heterocycles. The Balaban J connectivity index is 1.99. The second kappa shape index (κ2) is 6.60. The predicted molar refractivity (Wildman–Crippen MR) is 71.0 cm³/mol. The van der Waals surface area contributed by atoms with E-state index in [1.165, 1.54) is 29.1 Å². The highest BCUT2D eigenvalue weighted by Crippen LogP contribution is 2.07. The van der Waals surface area contributed by atoms with Gasteiger partial charge in [0.15, 0.2) is 5.82 Å². The van der Waals surface area contributed by atoms with E-state index in [-0.39, 0.29) is 24.5 Å². The maximum Gasteiger partial charge on any atom is 0.327 e. The minimum Gasteiger partial charge on any atom is -0.465 e. The molecule has 1 heterocycles. The van der Waals surface area contributed by atoms with Crippen LogP contribution in [-0.2, 0) is 16.1 Å². The average Bonchev–Trinajstić information content (AvgIpc) is 2.86. The third-order valence-electron chi connectivity index (χ3n) is 2.46. The molecular weight excluding hydrogens is 279 g/mol. The number of halogens is 1. The van der Waals surface area contributed by atoms with Crippen molar-refractivity contribution in [3.8, 4) is 0 Å². The van der Waals surface area contributed by atoms with Crippen molar-refractivity contribution in [2.75, 3.05) is 11.9 Å². The SMILES string of the molecule is CCOC(=O)Cn1cc(NC(=O)c2cccc(F)c2)nn1. The highest BCUT2D eigenvalue weighted by molar-refractivity contribution is 6.03. The van der Waals surface area contributed by atoms with Crippen LogP contribution in [0.2, 0.25) is 0 Å². The quantitative estimate of drug-likeness (QED) is 0.838. The smallest absolute Gasteiger partial charge is 0.327 e. The number of anilines is 1. The molecule has 21 heavy (non-hydrogen) atoms. The number of amides is 1. The summed E-state index contributed by atoms with van der Waals surface area (Å²) in [5.74, 6) is -1.31. The van der Waals surface area contributed by atoms with E-state index in [1.807, 2.05) is 0 Å². The van der Waals surface area contributed by atoms with Crippen LogP contribution in [0.4, 0.5) is 10.2 Å². The van der Waals surface area contributed by atoms with Gasteiger partial charge in [0.25, 0.3) is 5.91 Å². The van der Waals surface area contributed by atoms with Gasteiger partial charge in [0.05, 0.1) is 12.8 Å². The van der Waals surface area contributed by atoms with Gasteiger partial charge in [-0.25, -0.2) is 9.07 Å². The first-order valence-corrected chi connectivity index (χ1v) is 6.21. The van der Waals surface area contributed by atoms with Crippen molar-refractivity contribution in [2.45, 2.75) is 13.5 Å². The molecule has 7 nitrogen and oxygen atoms in total. The van der Waals surface area contributed by atoms with E-state index in [2.05, 4.69) is 15.6 Å². The van der Waals surface area contributed by atoms with Crippen LogP contribution >= 0.6 is 0 Å². The van der Waals surface area contributed by atoms with Crippen LogP contribution in [0.1, 0.15) is 17.3 Å². The molecule has 2 rings (SSSR count). The molecule has 1 amide bonds. The Morgan fingerprint density at radius 3 is 2.95 bits per heavy atom. The predicted octanol–water partition coefficient (Wildman–Crippen LogP) is 1.23. The van der Waals surface area contributed by atoms with Crippen molar-refractivity contribution in [3.05, 3.63) is 41.8 Å². The molecule has 0 saturated carbocycles. The Kier molecular flexibility index (Phi) is 4.60. The van der Waals surface area contributed by atoms with Gasteiger partial charge in [-0.1, -0.05) is 11.3 Å². The highest BCUT2D eigenvalue weighted by Gasteiger charge is 2.11. The van der Waals surface area contributed by atoms with E-state index in [0.717, 1.165) is 6.07 Å². The van der Waals surface area contributed by atoms with Crippen LogP contribution < -0.4 is 5.32 Å². The summed E-state index contributed by atoms with van der Waals surface area (Å²) >= 11 is 0. The van der Waals surface area contributed by atoms with Crippen LogP contribution in [0, 0.1) is 5.82 Å². The maximum atomic E-state index is 13.0. The number of hydrogen-bond donors (Lipinski definition) is 1. The summed E-state index contributed by atoms with van der Waals surface area (Å²) in [6.45, 7) is 1.87. The number of benzene rings is 1. The summed E-state index contributed by atoms with van der Waals surface area (Å²) in [6.07, 6.45) is 1.38.